The Hall–Kier alpha value is -0.540. The number of aromatic nitrogens is 1. The van der Waals surface area contributed by atoms with Crippen LogP contribution in [0.4, 0.5) is 0 Å². The Morgan fingerprint density at radius 3 is 2.83 bits per heavy atom. The van der Waals surface area contributed by atoms with Gasteiger partial charge in [0.25, 0.3) is 10.2 Å². The van der Waals surface area contributed by atoms with Gasteiger partial charge in [-0.05, 0) is 19.9 Å². The van der Waals surface area contributed by atoms with Crippen molar-refractivity contribution in [3.8, 4) is 0 Å². The van der Waals surface area contributed by atoms with Crippen LogP contribution in [0.3, 0.4) is 0 Å². The number of hydrogen-bond donors (Lipinski definition) is 2. The van der Waals surface area contributed by atoms with Gasteiger partial charge in [0.2, 0.25) is 0 Å². The van der Waals surface area contributed by atoms with E-state index in [1.54, 1.807) is 18.4 Å². The smallest absolute Gasteiger partial charge is 0.279 e. The third-order valence-electron chi connectivity index (χ3n) is 2.42. The molecule has 1 aromatic heterocycles. The van der Waals surface area contributed by atoms with Gasteiger partial charge in [-0.1, -0.05) is 0 Å². The van der Waals surface area contributed by atoms with Crippen molar-refractivity contribution in [1.29, 1.82) is 0 Å². The molecule has 0 fully saturated rings. The highest BCUT2D eigenvalue weighted by molar-refractivity contribution is 7.87. The van der Waals surface area contributed by atoms with E-state index in [-0.39, 0.29) is 0 Å². The molecule has 0 aromatic carbocycles. The third kappa shape index (κ3) is 4.99. The number of nitrogens with one attached hydrogen (secondary N) is 1. The van der Waals surface area contributed by atoms with E-state index in [1.165, 1.54) is 4.31 Å². The number of rotatable bonds is 8. The summed E-state index contributed by atoms with van der Waals surface area (Å²) >= 11 is 1.57. The Morgan fingerprint density at radius 2 is 2.28 bits per heavy atom. The van der Waals surface area contributed by atoms with Crippen LogP contribution in [0.2, 0.25) is 0 Å². The van der Waals surface area contributed by atoms with Crippen molar-refractivity contribution in [2.24, 2.45) is 5.73 Å². The maximum atomic E-state index is 11.8. The van der Waals surface area contributed by atoms with Gasteiger partial charge in [-0.2, -0.15) is 12.7 Å². The van der Waals surface area contributed by atoms with Crippen molar-refractivity contribution in [1.82, 2.24) is 14.0 Å². The first-order valence-corrected chi connectivity index (χ1v) is 8.09. The van der Waals surface area contributed by atoms with Gasteiger partial charge in [-0.15, -0.1) is 11.3 Å². The number of aryl methyl sites for hydroxylation is 1. The fraction of sp³-hybridized carbons (Fsp3) is 0.700. The van der Waals surface area contributed by atoms with Crippen molar-refractivity contribution in [2.75, 3.05) is 26.7 Å². The first-order valence-electron chi connectivity index (χ1n) is 5.77. The molecule has 0 radical (unpaired) electrons. The molecule has 1 aromatic rings. The predicted octanol–water partition coefficient (Wildman–Crippen LogP) is 0.109. The summed E-state index contributed by atoms with van der Waals surface area (Å²) < 4.78 is 27.4. The summed E-state index contributed by atoms with van der Waals surface area (Å²) in [6, 6.07) is 0. The monoisotopic (exact) mass is 292 g/mol. The zero-order chi connectivity index (χ0) is 13.6. The van der Waals surface area contributed by atoms with Gasteiger partial charge in [0.05, 0.1) is 10.7 Å². The first-order chi connectivity index (χ1) is 8.45. The van der Waals surface area contributed by atoms with Gasteiger partial charge in [0.15, 0.2) is 0 Å². The molecule has 0 bridgehead atoms. The fourth-order valence-electron chi connectivity index (χ4n) is 1.38. The number of hydrogen-bond acceptors (Lipinski definition) is 5. The minimum Gasteiger partial charge on any atom is -0.330 e. The molecule has 3 N–H and O–H groups in total. The largest absolute Gasteiger partial charge is 0.330 e. The lowest BCUT2D eigenvalue weighted by Gasteiger charge is -2.16. The van der Waals surface area contributed by atoms with Crippen molar-refractivity contribution in [2.45, 2.75) is 19.8 Å². The molecule has 1 rings (SSSR count). The van der Waals surface area contributed by atoms with Crippen LogP contribution in [0.15, 0.2) is 5.38 Å². The van der Waals surface area contributed by atoms with E-state index >= 15 is 0 Å². The summed E-state index contributed by atoms with van der Waals surface area (Å²) in [5.74, 6) is 0. The van der Waals surface area contributed by atoms with E-state index in [9.17, 15) is 8.42 Å². The highest BCUT2D eigenvalue weighted by Crippen LogP contribution is 2.08. The number of nitrogens with zero attached hydrogens (tertiary/aromatic N) is 2. The van der Waals surface area contributed by atoms with Crippen LogP contribution in [0, 0.1) is 6.92 Å². The van der Waals surface area contributed by atoms with Crippen LogP contribution in [0.5, 0.6) is 0 Å². The predicted molar refractivity (Wildman–Crippen MR) is 73.8 cm³/mol. The summed E-state index contributed by atoms with van der Waals surface area (Å²) in [4.78, 5) is 4.28. The topological polar surface area (TPSA) is 88.3 Å². The normalized spacial score (nSPS) is 12.2. The standard InChI is InChI=1S/C10H20N4O2S2/c1-9-13-10(8-17-9)4-6-12-18(15,16)14(2)7-3-5-11/h8,12H,3-7,11H2,1-2H3. The molecule has 0 aliphatic rings. The second kappa shape index (κ2) is 7.15. The minimum atomic E-state index is -3.39. The molecule has 1 heterocycles. The van der Waals surface area contributed by atoms with Gasteiger partial charge < -0.3 is 5.73 Å². The average molecular weight is 292 g/mol. The summed E-state index contributed by atoms with van der Waals surface area (Å²) in [7, 11) is -1.85. The Morgan fingerprint density at radius 1 is 1.56 bits per heavy atom. The van der Waals surface area contributed by atoms with Gasteiger partial charge in [-0.25, -0.2) is 9.71 Å². The van der Waals surface area contributed by atoms with Crippen LogP contribution in [-0.4, -0.2) is 44.4 Å². The van der Waals surface area contributed by atoms with E-state index in [2.05, 4.69) is 9.71 Å². The molecule has 0 aliphatic heterocycles. The maximum absolute atomic E-state index is 11.8. The van der Waals surface area contributed by atoms with E-state index in [0.29, 0.717) is 32.5 Å². The third-order valence-corrected chi connectivity index (χ3v) is 4.81. The van der Waals surface area contributed by atoms with E-state index in [0.717, 1.165) is 10.7 Å². The Labute approximate surface area is 112 Å². The highest BCUT2D eigenvalue weighted by atomic mass is 32.2. The maximum Gasteiger partial charge on any atom is 0.279 e. The van der Waals surface area contributed by atoms with Crippen LogP contribution in [0.1, 0.15) is 17.1 Å². The molecule has 0 saturated carbocycles. The van der Waals surface area contributed by atoms with Gasteiger partial charge in [-0.3, -0.25) is 0 Å². The molecule has 8 heteroatoms. The second-order valence-electron chi connectivity index (χ2n) is 3.97. The Balaban J connectivity index is 2.37. The quantitative estimate of drug-likeness (QED) is 0.712. The number of nitrogens with two attached hydrogens (primary N) is 1. The summed E-state index contributed by atoms with van der Waals surface area (Å²) in [5, 5.41) is 2.94. The molecular weight excluding hydrogens is 272 g/mol. The van der Waals surface area contributed by atoms with Crippen LogP contribution in [0.25, 0.3) is 0 Å². The van der Waals surface area contributed by atoms with Crippen molar-refractivity contribution in [3.63, 3.8) is 0 Å². The zero-order valence-corrected chi connectivity index (χ0v) is 12.4. The van der Waals surface area contributed by atoms with Crippen molar-refractivity contribution >= 4 is 21.5 Å². The van der Waals surface area contributed by atoms with Crippen LogP contribution in [-0.2, 0) is 16.6 Å². The first kappa shape index (κ1) is 15.5. The molecule has 104 valence electrons. The van der Waals surface area contributed by atoms with E-state index in [4.69, 9.17) is 5.73 Å². The zero-order valence-electron chi connectivity index (χ0n) is 10.7. The fourth-order valence-corrected chi connectivity index (χ4v) is 2.97. The SMILES string of the molecule is Cc1nc(CCNS(=O)(=O)N(C)CCCN)cs1. The lowest BCUT2D eigenvalue weighted by molar-refractivity contribution is 0.453. The molecule has 18 heavy (non-hydrogen) atoms. The molecule has 0 aliphatic carbocycles. The van der Waals surface area contributed by atoms with Crippen molar-refractivity contribution < 1.29 is 8.42 Å². The van der Waals surface area contributed by atoms with E-state index in [1.807, 2.05) is 12.3 Å². The highest BCUT2D eigenvalue weighted by Gasteiger charge is 2.15. The van der Waals surface area contributed by atoms with Crippen LogP contribution < -0.4 is 10.5 Å². The van der Waals surface area contributed by atoms with Crippen LogP contribution >= 0.6 is 11.3 Å². The summed E-state index contributed by atoms with van der Waals surface area (Å²) in [5.41, 5.74) is 6.27. The Kier molecular flexibility index (Phi) is 6.16. The van der Waals surface area contributed by atoms with E-state index < -0.39 is 10.2 Å². The minimum absolute atomic E-state index is 0.360. The van der Waals surface area contributed by atoms with Gasteiger partial charge in [0.1, 0.15) is 0 Å². The second-order valence-corrected chi connectivity index (χ2v) is 6.90. The molecular formula is C10H20N4O2S2. The molecule has 0 spiro atoms. The summed E-state index contributed by atoms with van der Waals surface area (Å²) in [6.07, 6.45) is 1.26. The summed E-state index contributed by atoms with van der Waals surface area (Å²) in [6.45, 7) is 3.21. The Bertz CT molecular complexity index is 458. The molecule has 0 saturated heterocycles. The lowest BCUT2D eigenvalue weighted by atomic mass is 10.3. The number of thiazole rings is 1. The van der Waals surface area contributed by atoms with Gasteiger partial charge in [0, 0.05) is 31.9 Å². The molecule has 0 amide bonds. The average Bonchev–Trinajstić information content (AvgIpc) is 2.71. The molecule has 0 atom stereocenters. The molecule has 0 unspecified atom stereocenters. The van der Waals surface area contributed by atoms with Crippen molar-refractivity contribution in [3.05, 3.63) is 16.1 Å². The molecule has 6 nitrogen and oxygen atoms in total. The lowest BCUT2D eigenvalue weighted by Crippen LogP contribution is -2.40. The van der Waals surface area contributed by atoms with Gasteiger partial charge >= 0.3 is 0 Å².